The standard InChI is InChI=1S/C29H27F5N2O2S/c1-18-26(21-11-7-14-25(38-3)27(21)31)28(37)35(15-16-39-20-9-5-4-6-10-20)19(2)36(18)17-22-23(29(32,33)34)12-8-13-24(22)30/h4-14,19H,15-17H2,1-3H3. The molecule has 3 aromatic carbocycles. The fourth-order valence-corrected chi connectivity index (χ4v) is 5.58. The molecule has 0 aliphatic carbocycles. The zero-order valence-corrected chi connectivity index (χ0v) is 22.4. The molecule has 0 saturated heterocycles. The number of nitrogens with zero attached hydrogens (tertiary/aromatic N) is 2. The normalized spacial score (nSPS) is 16.2. The average Bonchev–Trinajstić information content (AvgIpc) is 2.90. The summed E-state index contributed by atoms with van der Waals surface area (Å²) in [6.45, 7) is 2.95. The average molecular weight is 563 g/mol. The molecule has 10 heteroatoms. The van der Waals surface area contributed by atoms with Gasteiger partial charge in [-0.2, -0.15) is 13.2 Å². The van der Waals surface area contributed by atoms with Gasteiger partial charge in [-0.3, -0.25) is 4.79 Å². The van der Waals surface area contributed by atoms with Gasteiger partial charge in [0, 0.05) is 40.6 Å². The topological polar surface area (TPSA) is 32.8 Å². The minimum Gasteiger partial charge on any atom is -0.494 e. The molecule has 206 valence electrons. The van der Waals surface area contributed by atoms with Gasteiger partial charge in [0.25, 0.3) is 5.91 Å². The molecule has 1 unspecified atom stereocenters. The predicted molar refractivity (Wildman–Crippen MR) is 141 cm³/mol. The van der Waals surface area contributed by atoms with E-state index in [1.54, 1.807) is 6.92 Å². The second kappa shape index (κ2) is 11.7. The lowest BCUT2D eigenvalue weighted by Crippen LogP contribution is -2.53. The zero-order valence-electron chi connectivity index (χ0n) is 21.6. The van der Waals surface area contributed by atoms with Gasteiger partial charge in [0.1, 0.15) is 12.0 Å². The number of methoxy groups -OCH3 is 1. The van der Waals surface area contributed by atoms with E-state index in [-0.39, 0.29) is 29.1 Å². The highest BCUT2D eigenvalue weighted by molar-refractivity contribution is 7.99. The van der Waals surface area contributed by atoms with Crippen molar-refractivity contribution in [2.45, 2.75) is 37.6 Å². The highest BCUT2D eigenvalue weighted by Gasteiger charge is 2.40. The maximum absolute atomic E-state index is 15.4. The Hall–Kier alpha value is -3.53. The van der Waals surface area contributed by atoms with Crippen LogP contribution in [0.3, 0.4) is 0 Å². The van der Waals surface area contributed by atoms with Gasteiger partial charge >= 0.3 is 6.18 Å². The minimum absolute atomic E-state index is 0.0147. The number of thioether (sulfide) groups is 1. The lowest BCUT2D eigenvalue weighted by molar-refractivity contribution is -0.139. The van der Waals surface area contributed by atoms with E-state index in [2.05, 4.69) is 0 Å². The smallest absolute Gasteiger partial charge is 0.416 e. The molecule has 0 radical (unpaired) electrons. The van der Waals surface area contributed by atoms with Crippen molar-refractivity contribution in [2.24, 2.45) is 0 Å². The first kappa shape index (κ1) is 28.5. The van der Waals surface area contributed by atoms with Crippen LogP contribution in [0.15, 0.2) is 77.3 Å². The lowest BCUT2D eigenvalue weighted by atomic mass is 9.96. The number of ether oxygens (including phenoxy) is 1. The first-order valence-corrected chi connectivity index (χ1v) is 13.2. The van der Waals surface area contributed by atoms with Crippen LogP contribution in [0.1, 0.15) is 30.5 Å². The molecule has 0 saturated carbocycles. The molecule has 3 aromatic rings. The number of carbonyl (C=O) groups excluding carboxylic acids is 1. The summed E-state index contributed by atoms with van der Waals surface area (Å²) in [7, 11) is 1.30. The Bertz CT molecular complexity index is 1380. The van der Waals surface area contributed by atoms with Crippen molar-refractivity contribution in [1.29, 1.82) is 0 Å². The summed E-state index contributed by atoms with van der Waals surface area (Å²) in [4.78, 5) is 17.8. The van der Waals surface area contributed by atoms with Crippen LogP contribution in [0.5, 0.6) is 5.75 Å². The Labute approximate surface area is 228 Å². The summed E-state index contributed by atoms with van der Waals surface area (Å²) in [5.74, 6) is -1.85. The molecule has 1 atom stereocenters. The monoisotopic (exact) mass is 562 g/mol. The quantitative estimate of drug-likeness (QED) is 0.215. The van der Waals surface area contributed by atoms with Crippen molar-refractivity contribution in [3.8, 4) is 5.75 Å². The van der Waals surface area contributed by atoms with Gasteiger partial charge < -0.3 is 14.5 Å². The van der Waals surface area contributed by atoms with Crippen molar-refractivity contribution in [3.05, 3.63) is 101 Å². The van der Waals surface area contributed by atoms with Gasteiger partial charge in [-0.25, -0.2) is 8.78 Å². The van der Waals surface area contributed by atoms with E-state index in [4.69, 9.17) is 4.74 Å². The van der Waals surface area contributed by atoms with Gasteiger partial charge in [0.15, 0.2) is 11.6 Å². The van der Waals surface area contributed by atoms with E-state index >= 15 is 4.39 Å². The summed E-state index contributed by atoms with van der Waals surface area (Å²) in [6.07, 6.45) is -5.51. The maximum Gasteiger partial charge on any atom is 0.416 e. The molecule has 1 aliphatic rings. The lowest BCUT2D eigenvalue weighted by Gasteiger charge is -2.45. The molecule has 4 nitrogen and oxygen atoms in total. The van der Waals surface area contributed by atoms with Crippen molar-refractivity contribution >= 4 is 23.2 Å². The Morgan fingerprint density at radius 2 is 1.64 bits per heavy atom. The number of allylic oxidation sites excluding steroid dienone is 1. The van der Waals surface area contributed by atoms with Crippen LogP contribution < -0.4 is 4.74 Å². The van der Waals surface area contributed by atoms with Crippen molar-refractivity contribution in [2.75, 3.05) is 19.4 Å². The molecular formula is C29H27F5N2O2S. The van der Waals surface area contributed by atoms with Gasteiger partial charge in [0.2, 0.25) is 0 Å². The first-order chi connectivity index (χ1) is 18.5. The van der Waals surface area contributed by atoms with Gasteiger partial charge in [0.05, 0.1) is 18.2 Å². The van der Waals surface area contributed by atoms with E-state index < -0.39 is 47.6 Å². The van der Waals surface area contributed by atoms with Crippen molar-refractivity contribution in [1.82, 2.24) is 9.80 Å². The molecule has 4 rings (SSSR count). The third kappa shape index (κ3) is 5.90. The van der Waals surface area contributed by atoms with E-state index in [9.17, 15) is 22.4 Å². The van der Waals surface area contributed by atoms with E-state index in [1.165, 1.54) is 53.8 Å². The largest absolute Gasteiger partial charge is 0.494 e. The third-order valence-corrected chi connectivity index (χ3v) is 7.71. The molecule has 39 heavy (non-hydrogen) atoms. The van der Waals surface area contributed by atoms with E-state index in [0.717, 1.165) is 23.1 Å². The molecular weight excluding hydrogens is 535 g/mol. The Morgan fingerprint density at radius 1 is 0.949 bits per heavy atom. The Kier molecular flexibility index (Phi) is 8.54. The molecule has 0 N–H and O–H groups in total. The predicted octanol–water partition coefficient (Wildman–Crippen LogP) is 7.21. The van der Waals surface area contributed by atoms with Crippen LogP contribution in [0.2, 0.25) is 0 Å². The van der Waals surface area contributed by atoms with Gasteiger partial charge in [-0.15, -0.1) is 11.8 Å². The fraction of sp³-hybridized carbons (Fsp3) is 0.276. The SMILES string of the molecule is COc1cccc(C2=C(C)N(Cc3c(F)cccc3C(F)(F)F)C(C)N(CCSc3ccccc3)C2=O)c1F. The number of hydrogen-bond acceptors (Lipinski definition) is 4. The summed E-state index contributed by atoms with van der Waals surface area (Å²) in [5.41, 5.74) is -1.46. The van der Waals surface area contributed by atoms with Crippen LogP contribution in [-0.2, 0) is 17.5 Å². The molecule has 1 amide bonds. The molecule has 0 aromatic heterocycles. The Morgan fingerprint density at radius 3 is 2.31 bits per heavy atom. The summed E-state index contributed by atoms with van der Waals surface area (Å²) in [6, 6.07) is 16.7. The number of benzene rings is 3. The van der Waals surface area contributed by atoms with Crippen LogP contribution in [0.4, 0.5) is 22.0 Å². The van der Waals surface area contributed by atoms with E-state index in [0.29, 0.717) is 5.75 Å². The Balaban J connectivity index is 1.78. The van der Waals surface area contributed by atoms with E-state index in [1.807, 2.05) is 30.3 Å². The highest BCUT2D eigenvalue weighted by atomic mass is 32.2. The second-order valence-electron chi connectivity index (χ2n) is 8.97. The summed E-state index contributed by atoms with van der Waals surface area (Å²) in [5, 5.41) is 0. The second-order valence-corrected chi connectivity index (χ2v) is 10.1. The van der Waals surface area contributed by atoms with Crippen LogP contribution in [0, 0.1) is 11.6 Å². The zero-order chi connectivity index (χ0) is 28.3. The minimum atomic E-state index is -4.78. The summed E-state index contributed by atoms with van der Waals surface area (Å²) < 4.78 is 76.7. The van der Waals surface area contributed by atoms with Gasteiger partial charge in [-0.1, -0.05) is 36.4 Å². The number of hydrogen-bond donors (Lipinski definition) is 0. The van der Waals surface area contributed by atoms with Crippen molar-refractivity contribution < 1.29 is 31.5 Å². The number of amides is 1. The maximum atomic E-state index is 15.4. The first-order valence-electron chi connectivity index (χ1n) is 12.2. The van der Waals surface area contributed by atoms with Gasteiger partial charge in [-0.05, 0) is 44.2 Å². The number of rotatable bonds is 8. The molecule has 0 spiro atoms. The molecule has 1 heterocycles. The third-order valence-electron chi connectivity index (χ3n) is 6.72. The summed E-state index contributed by atoms with van der Waals surface area (Å²) >= 11 is 1.51. The van der Waals surface area contributed by atoms with Crippen LogP contribution in [-0.4, -0.2) is 41.3 Å². The van der Waals surface area contributed by atoms with Crippen LogP contribution >= 0.6 is 11.8 Å². The van der Waals surface area contributed by atoms with Crippen LogP contribution in [0.25, 0.3) is 5.57 Å². The number of alkyl halides is 3. The molecule has 0 bridgehead atoms. The molecule has 0 fully saturated rings. The number of halogens is 5. The fourth-order valence-electron chi connectivity index (χ4n) is 4.70. The highest BCUT2D eigenvalue weighted by Crippen LogP contribution is 2.39. The number of carbonyl (C=O) groups is 1. The molecule has 1 aliphatic heterocycles. The van der Waals surface area contributed by atoms with Crippen molar-refractivity contribution in [3.63, 3.8) is 0 Å².